The number of halogens is 4. The average Bonchev–Trinajstić information content (AvgIpc) is 3.07. The van der Waals surface area contributed by atoms with Gasteiger partial charge < -0.3 is 4.90 Å². The molecule has 8 heteroatoms. The van der Waals surface area contributed by atoms with Crippen LogP contribution in [0.2, 0.25) is 5.02 Å². The van der Waals surface area contributed by atoms with Gasteiger partial charge in [0.2, 0.25) is 0 Å². The third-order valence-corrected chi connectivity index (χ3v) is 5.88. The summed E-state index contributed by atoms with van der Waals surface area (Å²) in [4.78, 5) is 14.7. The first-order valence-electron chi connectivity index (χ1n) is 8.39. The molecule has 1 aromatic heterocycles. The Balaban J connectivity index is 2.05. The van der Waals surface area contributed by atoms with Gasteiger partial charge in [-0.15, -0.1) is 11.8 Å². The quantitative estimate of drug-likeness (QED) is 0.562. The maximum absolute atomic E-state index is 15.2. The van der Waals surface area contributed by atoms with E-state index in [-0.39, 0.29) is 33.7 Å². The third kappa shape index (κ3) is 3.08. The maximum Gasteiger partial charge on any atom is 0.292 e. The highest BCUT2D eigenvalue weighted by atomic mass is 35.5. The fourth-order valence-corrected chi connectivity index (χ4v) is 4.37. The number of pyridine rings is 1. The van der Waals surface area contributed by atoms with E-state index in [0.717, 1.165) is 16.3 Å². The fourth-order valence-electron chi connectivity index (χ4n) is 3.25. The number of hydrogen-bond donors (Lipinski definition) is 0. The van der Waals surface area contributed by atoms with Crippen LogP contribution in [0.1, 0.15) is 12.5 Å². The number of thioether (sulfide) groups is 1. The highest BCUT2D eigenvalue weighted by Gasteiger charge is 2.24. The molecule has 3 nitrogen and oxygen atoms in total. The van der Waals surface area contributed by atoms with Gasteiger partial charge in [0.1, 0.15) is 0 Å². The van der Waals surface area contributed by atoms with Gasteiger partial charge in [-0.2, -0.15) is 0 Å². The summed E-state index contributed by atoms with van der Waals surface area (Å²) in [7, 11) is 0. The Morgan fingerprint density at radius 3 is 2.61 bits per heavy atom. The lowest BCUT2D eigenvalue weighted by Crippen LogP contribution is -2.27. The van der Waals surface area contributed by atoms with Gasteiger partial charge in [0.25, 0.3) is 5.56 Å². The molecule has 2 aromatic carbocycles. The maximum atomic E-state index is 15.2. The van der Waals surface area contributed by atoms with E-state index in [0.29, 0.717) is 5.88 Å². The topological polar surface area (TPSA) is 25.2 Å². The highest BCUT2D eigenvalue weighted by molar-refractivity contribution is 8.02. The number of rotatable bonds is 3. The molecule has 0 bridgehead atoms. The summed E-state index contributed by atoms with van der Waals surface area (Å²) in [6, 6.07) is 8.24. The van der Waals surface area contributed by atoms with Crippen molar-refractivity contribution in [1.29, 1.82) is 0 Å². The van der Waals surface area contributed by atoms with Crippen LogP contribution in [0.3, 0.4) is 0 Å². The van der Waals surface area contributed by atoms with E-state index < -0.39 is 23.0 Å². The van der Waals surface area contributed by atoms with Gasteiger partial charge in [-0.25, -0.2) is 13.2 Å². The van der Waals surface area contributed by atoms with Gasteiger partial charge in [0, 0.05) is 28.2 Å². The van der Waals surface area contributed by atoms with Gasteiger partial charge in [0.05, 0.1) is 17.1 Å². The van der Waals surface area contributed by atoms with Crippen LogP contribution in [0.5, 0.6) is 0 Å². The lowest BCUT2D eigenvalue weighted by atomic mass is 10.1. The van der Waals surface area contributed by atoms with Crippen LogP contribution in [0.15, 0.2) is 52.3 Å². The fraction of sp³-hybridized carbons (Fsp3) is 0.150. The van der Waals surface area contributed by atoms with Crippen LogP contribution in [-0.2, 0) is 6.54 Å². The molecule has 0 amide bonds. The SMILES string of the molecule is CC1=CSCN1Cc1c(F)c(=O)n(-c2cccc(Cl)c2)c2c(F)c(F)ccc12. The molecule has 0 unspecified atom stereocenters. The second-order valence-electron chi connectivity index (χ2n) is 6.42. The number of aromatic nitrogens is 1. The van der Waals surface area contributed by atoms with Crippen LogP contribution in [0.25, 0.3) is 16.6 Å². The largest absolute Gasteiger partial charge is 0.361 e. The van der Waals surface area contributed by atoms with Crippen LogP contribution in [0, 0.1) is 17.5 Å². The number of hydrogen-bond acceptors (Lipinski definition) is 3. The molecular weight excluding hydrogens is 409 g/mol. The summed E-state index contributed by atoms with van der Waals surface area (Å²) in [5.74, 6) is -2.73. The summed E-state index contributed by atoms with van der Waals surface area (Å²) in [6.07, 6.45) is 0. The molecule has 4 rings (SSSR count). The third-order valence-electron chi connectivity index (χ3n) is 4.67. The Bertz CT molecular complexity index is 1190. The Morgan fingerprint density at radius 2 is 1.93 bits per heavy atom. The van der Waals surface area contributed by atoms with Gasteiger partial charge in [-0.3, -0.25) is 9.36 Å². The summed E-state index contributed by atoms with van der Waals surface area (Å²) in [5, 5.41) is 2.35. The van der Waals surface area contributed by atoms with Crippen molar-refractivity contribution in [3.8, 4) is 5.69 Å². The van der Waals surface area contributed by atoms with Gasteiger partial charge >= 0.3 is 0 Å². The first kappa shape index (κ1) is 19.0. The van der Waals surface area contributed by atoms with E-state index in [1.807, 2.05) is 17.2 Å². The minimum absolute atomic E-state index is 0.0347. The normalized spacial score (nSPS) is 14.0. The predicted molar refractivity (Wildman–Crippen MR) is 106 cm³/mol. The molecule has 2 heterocycles. The van der Waals surface area contributed by atoms with Crippen LogP contribution in [0.4, 0.5) is 13.2 Å². The van der Waals surface area contributed by atoms with Crippen molar-refractivity contribution in [2.24, 2.45) is 0 Å². The molecule has 0 atom stereocenters. The summed E-state index contributed by atoms with van der Waals surface area (Å²) in [6.45, 7) is 1.95. The van der Waals surface area contributed by atoms with Crippen LogP contribution >= 0.6 is 23.4 Å². The number of benzene rings is 2. The molecule has 0 radical (unpaired) electrons. The predicted octanol–water partition coefficient (Wildman–Crippen LogP) is 5.43. The number of nitrogens with zero attached hydrogens (tertiary/aromatic N) is 2. The molecule has 1 aliphatic heterocycles. The van der Waals surface area contributed by atoms with Crippen molar-refractivity contribution in [2.45, 2.75) is 13.5 Å². The standard InChI is InChI=1S/C20H14ClF3N2OS/c1-11-9-28-10-25(11)8-15-14-5-6-16(22)18(24)19(14)26(20(27)17(15)23)13-4-2-3-12(21)7-13/h2-7,9H,8,10H2,1H3. The van der Waals surface area contributed by atoms with E-state index in [1.54, 1.807) is 23.9 Å². The van der Waals surface area contributed by atoms with Crippen LogP contribution < -0.4 is 5.56 Å². The molecule has 0 saturated carbocycles. The Kier molecular flexibility index (Phi) is 4.89. The molecule has 1 aliphatic rings. The summed E-state index contributed by atoms with van der Waals surface area (Å²) in [5.41, 5.74) is -0.253. The molecule has 0 aliphatic carbocycles. The molecule has 0 saturated heterocycles. The summed E-state index contributed by atoms with van der Waals surface area (Å²) >= 11 is 7.52. The molecule has 144 valence electrons. The monoisotopic (exact) mass is 422 g/mol. The molecule has 0 spiro atoms. The number of allylic oxidation sites excluding steroid dienone is 1. The smallest absolute Gasteiger partial charge is 0.292 e. The Labute approximate surface area is 168 Å². The zero-order chi connectivity index (χ0) is 20.0. The van der Waals surface area contributed by atoms with Crippen molar-refractivity contribution >= 4 is 34.3 Å². The number of fused-ring (bicyclic) bond motifs is 1. The molecule has 0 N–H and O–H groups in total. The second kappa shape index (κ2) is 7.22. The van der Waals surface area contributed by atoms with Crippen LogP contribution in [-0.4, -0.2) is 15.3 Å². The molecule has 28 heavy (non-hydrogen) atoms. The zero-order valence-corrected chi connectivity index (χ0v) is 16.3. The van der Waals surface area contributed by atoms with E-state index in [9.17, 15) is 13.6 Å². The first-order valence-corrected chi connectivity index (χ1v) is 9.81. The average molecular weight is 423 g/mol. The second-order valence-corrected chi connectivity index (χ2v) is 7.69. The van der Waals surface area contributed by atoms with Crippen molar-refractivity contribution in [3.63, 3.8) is 0 Å². The highest BCUT2D eigenvalue weighted by Crippen LogP contribution is 2.31. The van der Waals surface area contributed by atoms with Gasteiger partial charge in [-0.05, 0) is 42.7 Å². The van der Waals surface area contributed by atoms with Gasteiger partial charge in [0.15, 0.2) is 17.5 Å². The van der Waals surface area contributed by atoms with E-state index >= 15 is 4.39 Å². The van der Waals surface area contributed by atoms with Crippen molar-refractivity contribution < 1.29 is 13.2 Å². The lowest BCUT2D eigenvalue weighted by molar-refractivity contribution is 0.395. The molecule has 3 aromatic rings. The minimum Gasteiger partial charge on any atom is -0.361 e. The zero-order valence-electron chi connectivity index (χ0n) is 14.7. The lowest BCUT2D eigenvalue weighted by Gasteiger charge is -2.22. The molecule has 0 fully saturated rings. The first-order chi connectivity index (χ1) is 13.4. The molecular formula is C20H14ClF3N2OS. The van der Waals surface area contributed by atoms with E-state index in [2.05, 4.69) is 0 Å². The van der Waals surface area contributed by atoms with E-state index in [4.69, 9.17) is 11.6 Å². The van der Waals surface area contributed by atoms with Crippen molar-refractivity contribution in [1.82, 2.24) is 9.47 Å². The Hall–Kier alpha value is -2.38. The van der Waals surface area contributed by atoms with Gasteiger partial charge in [-0.1, -0.05) is 17.7 Å². The minimum atomic E-state index is -1.21. The van der Waals surface area contributed by atoms with Crippen molar-refractivity contribution in [2.75, 3.05) is 5.88 Å². The van der Waals surface area contributed by atoms with E-state index in [1.165, 1.54) is 18.2 Å². The Morgan fingerprint density at radius 1 is 1.14 bits per heavy atom. The van der Waals surface area contributed by atoms with Crippen molar-refractivity contribution in [3.05, 3.63) is 85.9 Å². The summed E-state index contributed by atoms with van der Waals surface area (Å²) < 4.78 is 44.8.